The summed E-state index contributed by atoms with van der Waals surface area (Å²) < 4.78 is 5.52. The van der Waals surface area contributed by atoms with Crippen molar-refractivity contribution in [1.29, 1.82) is 0 Å². The minimum absolute atomic E-state index is 0.0304. The van der Waals surface area contributed by atoms with Gasteiger partial charge in [0.15, 0.2) is 0 Å². The van der Waals surface area contributed by atoms with E-state index in [1.54, 1.807) is 0 Å². The molecule has 1 aromatic carbocycles. The largest absolute Gasteiger partial charge is 0.462 e. The van der Waals surface area contributed by atoms with Gasteiger partial charge in [-0.3, -0.25) is 4.79 Å². The molecular weight excluding hydrogens is 250 g/mol. The fraction of sp³-hybridized carbons (Fsp3) is 0.588. The van der Waals surface area contributed by atoms with E-state index in [0.29, 0.717) is 0 Å². The molecule has 112 valence electrons. The number of carbonyl (C=O) groups excluding carboxylic acids is 1. The molecule has 0 aliphatic heterocycles. The van der Waals surface area contributed by atoms with Gasteiger partial charge in [0.2, 0.25) is 0 Å². The van der Waals surface area contributed by atoms with Crippen LogP contribution in [-0.4, -0.2) is 18.6 Å². The minimum atomic E-state index is -0.353. The fourth-order valence-corrected chi connectivity index (χ4v) is 2.25. The van der Waals surface area contributed by atoms with Gasteiger partial charge < -0.3 is 10.5 Å². The second-order valence-electron chi connectivity index (χ2n) is 5.30. The molecule has 0 radical (unpaired) electrons. The first kappa shape index (κ1) is 16.7. The van der Waals surface area contributed by atoms with Crippen LogP contribution in [0.2, 0.25) is 0 Å². The third-order valence-corrected chi connectivity index (χ3v) is 3.50. The van der Waals surface area contributed by atoms with E-state index in [-0.39, 0.29) is 24.5 Å². The first-order chi connectivity index (χ1) is 9.69. The molecule has 0 saturated carbocycles. The molecule has 1 aromatic rings. The van der Waals surface area contributed by atoms with Crippen LogP contribution in [0.25, 0.3) is 0 Å². The second kappa shape index (κ2) is 9.54. The van der Waals surface area contributed by atoms with Crippen LogP contribution in [0.5, 0.6) is 0 Å². The van der Waals surface area contributed by atoms with Gasteiger partial charge in [-0.05, 0) is 25.3 Å². The Morgan fingerprint density at radius 1 is 1.20 bits per heavy atom. The molecule has 0 spiro atoms. The molecule has 0 saturated heterocycles. The van der Waals surface area contributed by atoms with E-state index in [0.717, 1.165) is 18.4 Å². The Hall–Kier alpha value is -1.35. The first-order valence-corrected chi connectivity index (χ1v) is 7.64. The number of hydrogen-bond donors (Lipinski definition) is 1. The number of nitrogens with two attached hydrogens (primary N) is 1. The summed E-state index contributed by atoms with van der Waals surface area (Å²) in [6.07, 6.45) is 5.68. The van der Waals surface area contributed by atoms with Crippen molar-refractivity contribution in [2.75, 3.05) is 6.54 Å². The summed E-state index contributed by atoms with van der Waals surface area (Å²) in [5.41, 5.74) is 6.65. The average Bonchev–Trinajstić information content (AvgIpc) is 2.45. The third kappa shape index (κ3) is 5.74. The number of rotatable bonds is 9. The molecular formula is C17H27NO2. The lowest BCUT2D eigenvalue weighted by atomic mass is 9.99. The van der Waals surface area contributed by atoms with Crippen molar-refractivity contribution in [2.24, 2.45) is 5.73 Å². The lowest BCUT2D eigenvalue weighted by Crippen LogP contribution is -2.26. The number of carbonyl (C=O) groups is 1. The zero-order chi connectivity index (χ0) is 14.8. The maximum Gasteiger partial charge on any atom is 0.314 e. The molecule has 0 aliphatic carbocycles. The van der Waals surface area contributed by atoms with Crippen molar-refractivity contribution in [3.63, 3.8) is 0 Å². The first-order valence-electron chi connectivity index (χ1n) is 7.64. The highest BCUT2D eigenvalue weighted by Gasteiger charge is 2.22. The minimum Gasteiger partial charge on any atom is -0.462 e. The van der Waals surface area contributed by atoms with E-state index >= 15 is 0 Å². The lowest BCUT2D eigenvalue weighted by molar-refractivity contribution is -0.150. The number of hydrogen-bond acceptors (Lipinski definition) is 3. The number of benzene rings is 1. The van der Waals surface area contributed by atoms with E-state index in [4.69, 9.17) is 10.5 Å². The SMILES string of the molecule is CCCCCCC(C)OC(=O)C(CN)c1ccccc1. The summed E-state index contributed by atoms with van der Waals surface area (Å²) in [5.74, 6) is -0.559. The van der Waals surface area contributed by atoms with Gasteiger partial charge in [-0.15, -0.1) is 0 Å². The van der Waals surface area contributed by atoms with Gasteiger partial charge in [-0.1, -0.05) is 56.5 Å². The Kier molecular flexibility index (Phi) is 7.97. The summed E-state index contributed by atoms with van der Waals surface area (Å²) in [5, 5.41) is 0. The molecule has 2 N–H and O–H groups in total. The van der Waals surface area contributed by atoms with Gasteiger partial charge in [0.25, 0.3) is 0 Å². The lowest BCUT2D eigenvalue weighted by Gasteiger charge is -2.18. The Morgan fingerprint density at radius 3 is 2.50 bits per heavy atom. The van der Waals surface area contributed by atoms with Crippen LogP contribution < -0.4 is 5.73 Å². The normalized spacial score (nSPS) is 13.8. The Morgan fingerprint density at radius 2 is 1.90 bits per heavy atom. The highest BCUT2D eigenvalue weighted by atomic mass is 16.5. The molecule has 1 rings (SSSR count). The van der Waals surface area contributed by atoms with Crippen LogP contribution in [0.4, 0.5) is 0 Å². The predicted octanol–water partition coefficient (Wildman–Crippen LogP) is 3.63. The summed E-state index contributed by atoms with van der Waals surface area (Å²) in [6.45, 7) is 4.43. The van der Waals surface area contributed by atoms with Gasteiger partial charge >= 0.3 is 5.97 Å². The summed E-state index contributed by atoms with van der Waals surface area (Å²) in [7, 11) is 0. The molecule has 20 heavy (non-hydrogen) atoms. The Bertz CT molecular complexity index is 378. The highest BCUT2D eigenvalue weighted by molar-refractivity contribution is 5.78. The molecule has 3 nitrogen and oxygen atoms in total. The zero-order valence-corrected chi connectivity index (χ0v) is 12.7. The number of unbranched alkanes of at least 4 members (excludes halogenated alkanes) is 3. The Labute approximate surface area is 122 Å². The standard InChI is InChI=1S/C17H27NO2/c1-3-4-5-7-10-14(2)20-17(19)16(13-18)15-11-8-6-9-12-15/h6,8-9,11-12,14,16H,3-5,7,10,13,18H2,1-2H3. The molecule has 0 aliphatic rings. The van der Waals surface area contributed by atoms with Gasteiger partial charge in [-0.25, -0.2) is 0 Å². The maximum absolute atomic E-state index is 12.2. The van der Waals surface area contributed by atoms with Crippen molar-refractivity contribution in [1.82, 2.24) is 0 Å². The van der Waals surface area contributed by atoms with E-state index in [1.807, 2.05) is 37.3 Å². The van der Waals surface area contributed by atoms with Crippen LogP contribution >= 0.6 is 0 Å². The van der Waals surface area contributed by atoms with Crippen molar-refractivity contribution in [2.45, 2.75) is 58.0 Å². The van der Waals surface area contributed by atoms with Crippen LogP contribution in [0.3, 0.4) is 0 Å². The Balaban J connectivity index is 2.43. The van der Waals surface area contributed by atoms with Gasteiger partial charge in [0.1, 0.15) is 0 Å². The van der Waals surface area contributed by atoms with Crippen molar-refractivity contribution in [3.8, 4) is 0 Å². The molecule has 0 fully saturated rings. The molecule has 0 heterocycles. The van der Waals surface area contributed by atoms with E-state index in [1.165, 1.54) is 19.3 Å². The van der Waals surface area contributed by atoms with Crippen LogP contribution in [-0.2, 0) is 9.53 Å². The maximum atomic E-state index is 12.2. The molecule has 0 aromatic heterocycles. The summed E-state index contributed by atoms with van der Waals surface area (Å²) in [4.78, 5) is 12.2. The number of esters is 1. The quantitative estimate of drug-likeness (QED) is 0.554. The fourth-order valence-electron chi connectivity index (χ4n) is 2.25. The molecule has 0 amide bonds. The van der Waals surface area contributed by atoms with Gasteiger partial charge in [0, 0.05) is 6.54 Å². The van der Waals surface area contributed by atoms with Gasteiger partial charge in [0.05, 0.1) is 12.0 Å². The van der Waals surface area contributed by atoms with Crippen LogP contribution in [0.1, 0.15) is 57.4 Å². The third-order valence-electron chi connectivity index (χ3n) is 3.50. The molecule has 2 atom stereocenters. The van der Waals surface area contributed by atoms with Crippen LogP contribution in [0, 0.1) is 0 Å². The van der Waals surface area contributed by atoms with E-state index in [2.05, 4.69) is 6.92 Å². The van der Waals surface area contributed by atoms with E-state index < -0.39 is 0 Å². The smallest absolute Gasteiger partial charge is 0.314 e. The topological polar surface area (TPSA) is 52.3 Å². The highest BCUT2D eigenvalue weighted by Crippen LogP contribution is 2.18. The van der Waals surface area contributed by atoms with Crippen molar-refractivity contribution < 1.29 is 9.53 Å². The monoisotopic (exact) mass is 277 g/mol. The zero-order valence-electron chi connectivity index (χ0n) is 12.7. The van der Waals surface area contributed by atoms with Crippen LogP contribution in [0.15, 0.2) is 30.3 Å². The van der Waals surface area contributed by atoms with Gasteiger partial charge in [-0.2, -0.15) is 0 Å². The molecule has 0 bridgehead atoms. The summed E-state index contributed by atoms with van der Waals surface area (Å²) in [6, 6.07) is 9.60. The number of ether oxygens (including phenoxy) is 1. The predicted molar refractivity (Wildman–Crippen MR) is 82.6 cm³/mol. The summed E-state index contributed by atoms with van der Waals surface area (Å²) >= 11 is 0. The average molecular weight is 277 g/mol. The van der Waals surface area contributed by atoms with Crippen molar-refractivity contribution >= 4 is 5.97 Å². The molecule has 3 heteroatoms. The van der Waals surface area contributed by atoms with E-state index in [9.17, 15) is 4.79 Å². The van der Waals surface area contributed by atoms with Crippen molar-refractivity contribution in [3.05, 3.63) is 35.9 Å². The second-order valence-corrected chi connectivity index (χ2v) is 5.30. The molecule has 2 unspecified atom stereocenters.